The van der Waals surface area contributed by atoms with Gasteiger partial charge in [0.1, 0.15) is 11.4 Å². The molecule has 2 N–H and O–H groups in total. The fraction of sp³-hybridized carbons (Fsp3) is 0.462. The standard InChI is InChI=1S/C13H17NO3/c1-13(2)11(14)7-9-6-8(12(15)16-3)4-5-10(9)17-13/h4-6,11H,7,14H2,1-3H3. The molecule has 0 spiro atoms. The molecule has 0 aliphatic carbocycles. The van der Waals surface area contributed by atoms with Crippen LogP contribution in [-0.2, 0) is 11.2 Å². The summed E-state index contributed by atoms with van der Waals surface area (Å²) in [5.41, 5.74) is 7.16. The van der Waals surface area contributed by atoms with Gasteiger partial charge in [0.2, 0.25) is 0 Å². The zero-order valence-electron chi connectivity index (χ0n) is 10.3. The molecule has 1 unspecified atom stereocenters. The van der Waals surface area contributed by atoms with Crippen LogP contribution < -0.4 is 10.5 Å². The smallest absolute Gasteiger partial charge is 0.337 e. The lowest BCUT2D eigenvalue weighted by molar-refractivity contribution is 0.0594. The van der Waals surface area contributed by atoms with Crippen molar-refractivity contribution in [3.63, 3.8) is 0 Å². The molecule has 1 aliphatic heterocycles. The number of hydrogen-bond acceptors (Lipinski definition) is 4. The van der Waals surface area contributed by atoms with Crippen molar-refractivity contribution in [2.45, 2.75) is 31.9 Å². The van der Waals surface area contributed by atoms with Crippen LogP contribution in [0.2, 0.25) is 0 Å². The Morgan fingerprint density at radius 2 is 2.24 bits per heavy atom. The highest BCUT2D eigenvalue weighted by molar-refractivity contribution is 5.89. The van der Waals surface area contributed by atoms with Crippen LogP contribution in [0.3, 0.4) is 0 Å². The van der Waals surface area contributed by atoms with E-state index >= 15 is 0 Å². The molecule has 0 radical (unpaired) electrons. The minimum Gasteiger partial charge on any atom is -0.486 e. The van der Waals surface area contributed by atoms with Crippen LogP contribution in [0.1, 0.15) is 29.8 Å². The molecule has 0 saturated heterocycles. The van der Waals surface area contributed by atoms with Crippen molar-refractivity contribution in [2.24, 2.45) is 5.73 Å². The van der Waals surface area contributed by atoms with Crippen molar-refractivity contribution in [2.75, 3.05) is 7.11 Å². The third-order valence-corrected chi connectivity index (χ3v) is 3.19. The molecule has 4 nitrogen and oxygen atoms in total. The number of benzene rings is 1. The Labute approximate surface area is 101 Å². The monoisotopic (exact) mass is 235 g/mol. The molecular formula is C13H17NO3. The fourth-order valence-electron chi connectivity index (χ4n) is 1.93. The predicted molar refractivity (Wildman–Crippen MR) is 64.2 cm³/mol. The highest BCUT2D eigenvalue weighted by Gasteiger charge is 2.34. The van der Waals surface area contributed by atoms with Crippen molar-refractivity contribution < 1.29 is 14.3 Å². The molecule has 0 bridgehead atoms. The Kier molecular flexibility index (Phi) is 2.83. The van der Waals surface area contributed by atoms with Gasteiger partial charge >= 0.3 is 5.97 Å². The van der Waals surface area contributed by atoms with Crippen molar-refractivity contribution in [1.82, 2.24) is 0 Å². The summed E-state index contributed by atoms with van der Waals surface area (Å²) in [7, 11) is 1.37. The molecule has 2 rings (SSSR count). The van der Waals surface area contributed by atoms with E-state index in [4.69, 9.17) is 10.5 Å². The Morgan fingerprint density at radius 3 is 2.88 bits per heavy atom. The number of nitrogens with two attached hydrogens (primary N) is 1. The first-order valence-corrected chi connectivity index (χ1v) is 5.60. The first kappa shape index (κ1) is 11.9. The zero-order chi connectivity index (χ0) is 12.6. The van der Waals surface area contributed by atoms with Gasteiger partial charge in [0.25, 0.3) is 0 Å². The van der Waals surface area contributed by atoms with E-state index in [1.807, 2.05) is 13.8 Å². The van der Waals surface area contributed by atoms with Gasteiger partial charge in [-0.1, -0.05) is 0 Å². The predicted octanol–water partition coefficient (Wildman–Crippen LogP) is 1.51. The van der Waals surface area contributed by atoms with Crippen molar-refractivity contribution in [3.05, 3.63) is 29.3 Å². The molecule has 17 heavy (non-hydrogen) atoms. The average molecular weight is 235 g/mol. The van der Waals surface area contributed by atoms with Gasteiger partial charge < -0.3 is 15.2 Å². The normalized spacial score (nSPS) is 21.3. The molecule has 4 heteroatoms. The van der Waals surface area contributed by atoms with Crippen LogP contribution in [0.15, 0.2) is 18.2 Å². The first-order valence-electron chi connectivity index (χ1n) is 5.60. The summed E-state index contributed by atoms with van der Waals surface area (Å²) < 4.78 is 10.5. The van der Waals surface area contributed by atoms with Crippen LogP contribution in [-0.4, -0.2) is 24.7 Å². The SMILES string of the molecule is COC(=O)c1ccc2c(c1)CC(N)C(C)(C)O2. The molecule has 0 fully saturated rings. The highest BCUT2D eigenvalue weighted by Crippen LogP contribution is 2.33. The van der Waals surface area contributed by atoms with E-state index in [-0.39, 0.29) is 17.6 Å². The van der Waals surface area contributed by atoms with Crippen molar-refractivity contribution in [3.8, 4) is 5.75 Å². The highest BCUT2D eigenvalue weighted by atomic mass is 16.5. The van der Waals surface area contributed by atoms with Crippen LogP contribution >= 0.6 is 0 Å². The van der Waals surface area contributed by atoms with E-state index in [0.717, 1.165) is 11.3 Å². The molecule has 1 aliphatic rings. The van der Waals surface area contributed by atoms with E-state index in [1.165, 1.54) is 7.11 Å². The largest absolute Gasteiger partial charge is 0.486 e. The molecule has 0 amide bonds. The number of methoxy groups -OCH3 is 1. The van der Waals surface area contributed by atoms with E-state index in [2.05, 4.69) is 4.74 Å². The quantitative estimate of drug-likeness (QED) is 0.749. The van der Waals surface area contributed by atoms with E-state index in [9.17, 15) is 4.79 Å². The second kappa shape index (κ2) is 4.04. The van der Waals surface area contributed by atoms with Gasteiger partial charge in [-0.05, 0) is 44.0 Å². The summed E-state index contributed by atoms with van der Waals surface area (Å²) in [5.74, 6) is 0.454. The van der Waals surface area contributed by atoms with Gasteiger partial charge in [0.05, 0.1) is 12.7 Å². The fourth-order valence-corrected chi connectivity index (χ4v) is 1.93. The maximum absolute atomic E-state index is 11.4. The van der Waals surface area contributed by atoms with E-state index < -0.39 is 0 Å². The zero-order valence-corrected chi connectivity index (χ0v) is 10.3. The van der Waals surface area contributed by atoms with Gasteiger partial charge in [-0.25, -0.2) is 4.79 Å². The number of ether oxygens (including phenoxy) is 2. The van der Waals surface area contributed by atoms with Gasteiger partial charge in [-0.15, -0.1) is 0 Å². The summed E-state index contributed by atoms with van der Waals surface area (Å²) in [4.78, 5) is 11.4. The van der Waals surface area contributed by atoms with Crippen LogP contribution in [0.4, 0.5) is 0 Å². The minimum atomic E-state index is -0.375. The topological polar surface area (TPSA) is 61.5 Å². The van der Waals surface area contributed by atoms with Crippen LogP contribution in [0.5, 0.6) is 5.75 Å². The minimum absolute atomic E-state index is 0.0807. The molecule has 92 valence electrons. The maximum Gasteiger partial charge on any atom is 0.337 e. The summed E-state index contributed by atoms with van der Waals surface area (Å²) in [6.07, 6.45) is 0.702. The number of fused-ring (bicyclic) bond motifs is 1. The molecule has 1 aromatic rings. The lowest BCUT2D eigenvalue weighted by Gasteiger charge is -2.38. The van der Waals surface area contributed by atoms with E-state index in [0.29, 0.717) is 12.0 Å². The van der Waals surface area contributed by atoms with E-state index in [1.54, 1.807) is 18.2 Å². The first-order chi connectivity index (χ1) is 7.94. The second-order valence-electron chi connectivity index (χ2n) is 4.83. The Morgan fingerprint density at radius 1 is 1.53 bits per heavy atom. The summed E-state index contributed by atoms with van der Waals surface area (Å²) in [6.45, 7) is 3.93. The Hall–Kier alpha value is -1.55. The van der Waals surface area contributed by atoms with Crippen LogP contribution in [0.25, 0.3) is 0 Å². The van der Waals surface area contributed by atoms with Gasteiger partial charge in [0, 0.05) is 6.04 Å². The lowest BCUT2D eigenvalue weighted by Crippen LogP contribution is -2.51. The third kappa shape index (κ3) is 2.13. The average Bonchev–Trinajstić information content (AvgIpc) is 2.28. The Balaban J connectivity index is 2.36. The number of carbonyl (C=O) groups excluding carboxylic acids is 1. The number of rotatable bonds is 1. The number of esters is 1. The number of carbonyl (C=O) groups is 1. The Bertz CT molecular complexity index is 454. The van der Waals surface area contributed by atoms with Gasteiger partial charge in [-0.3, -0.25) is 0 Å². The second-order valence-corrected chi connectivity index (χ2v) is 4.83. The summed E-state index contributed by atoms with van der Waals surface area (Å²) in [6, 6.07) is 5.21. The molecule has 1 heterocycles. The summed E-state index contributed by atoms with van der Waals surface area (Å²) in [5, 5.41) is 0. The lowest BCUT2D eigenvalue weighted by atomic mass is 9.89. The van der Waals surface area contributed by atoms with Gasteiger partial charge in [-0.2, -0.15) is 0 Å². The molecule has 0 aromatic heterocycles. The maximum atomic E-state index is 11.4. The van der Waals surface area contributed by atoms with Gasteiger partial charge in [0.15, 0.2) is 0 Å². The number of hydrogen-bond donors (Lipinski definition) is 1. The molecular weight excluding hydrogens is 218 g/mol. The molecule has 1 atom stereocenters. The third-order valence-electron chi connectivity index (χ3n) is 3.19. The van der Waals surface area contributed by atoms with Crippen LogP contribution in [0, 0.1) is 0 Å². The summed E-state index contributed by atoms with van der Waals surface area (Å²) >= 11 is 0. The molecule has 0 saturated carbocycles. The molecule has 1 aromatic carbocycles. The van der Waals surface area contributed by atoms with Crippen molar-refractivity contribution in [1.29, 1.82) is 0 Å². The van der Waals surface area contributed by atoms with Crippen molar-refractivity contribution >= 4 is 5.97 Å².